The summed E-state index contributed by atoms with van der Waals surface area (Å²) < 4.78 is 13.5. The fourth-order valence-corrected chi connectivity index (χ4v) is 3.06. The van der Waals surface area contributed by atoms with Crippen LogP contribution in [0.4, 0.5) is 10.1 Å². The molecule has 0 saturated carbocycles. The largest absolute Gasteiger partial charge is 0.393 e. The monoisotopic (exact) mass is 342 g/mol. The third-order valence-corrected chi connectivity index (χ3v) is 4.60. The van der Waals surface area contributed by atoms with Gasteiger partial charge in [-0.25, -0.2) is 4.39 Å². The lowest BCUT2D eigenvalue weighted by molar-refractivity contribution is 0.0954. The van der Waals surface area contributed by atoms with Crippen molar-refractivity contribution in [2.24, 2.45) is 0 Å². The van der Waals surface area contributed by atoms with Crippen LogP contribution < -0.4 is 10.2 Å². The van der Waals surface area contributed by atoms with Gasteiger partial charge in [-0.3, -0.25) is 4.79 Å². The summed E-state index contributed by atoms with van der Waals surface area (Å²) in [7, 11) is 0. The summed E-state index contributed by atoms with van der Waals surface area (Å²) in [5, 5.41) is 12.4. The number of carbonyl (C=O) groups excluding carboxylic acids is 1. The molecule has 2 aromatic carbocycles. The molecule has 0 radical (unpaired) electrons. The molecule has 0 atom stereocenters. The number of rotatable bonds is 5. The Bertz CT molecular complexity index is 710. The summed E-state index contributed by atoms with van der Waals surface area (Å²) in [6.07, 6.45) is 1.82. The Morgan fingerprint density at radius 3 is 2.48 bits per heavy atom. The Morgan fingerprint density at radius 2 is 1.80 bits per heavy atom. The standard InChI is InChI=1S/C20H23FN2O2/c21-19-4-2-1-3-15(19)9-12-22-20(25)16-5-7-17(8-6-16)23-13-10-18(24)11-14-23/h1-8,18,24H,9-14H2,(H,22,25). The maximum atomic E-state index is 13.5. The van der Waals surface area contributed by atoms with Crippen LogP contribution in [-0.2, 0) is 6.42 Å². The molecule has 0 aromatic heterocycles. The number of benzene rings is 2. The Morgan fingerprint density at radius 1 is 1.12 bits per heavy atom. The van der Waals surface area contributed by atoms with Gasteiger partial charge in [0.1, 0.15) is 5.82 Å². The number of hydrogen-bond donors (Lipinski definition) is 2. The van der Waals surface area contributed by atoms with Crippen molar-refractivity contribution in [3.05, 3.63) is 65.5 Å². The van der Waals surface area contributed by atoms with E-state index in [1.165, 1.54) is 6.07 Å². The predicted molar refractivity (Wildman–Crippen MR) is 96.3 cm³/mol. The second-order valence-corrected chi connectivity index (χ2v) is 6.36. The van der Waals surface area contributed by atoms with Crippen LogP contribution in [-0.4, -0.2) is 36.8 Å². The molecule has 1 amide bonds. The number of nitrogens with one attached hydrogen (secondary N) is 1. The molecule has 4 nitrogen and oxygen atoms in total. The maximum Gasteiger partial charge on any atom is 0.251 e. The number of piperidine rings is 1. The number of halogens is 1. The van der Waals surface area contributed by atoms with Gasteiger partial charge >= 0.3 is 0 Å². The van der Waals surface area contributed by atoms with Crippen molar-refractivity contribution >= 4 is 11.6 Å². The van der Waals surface area contributed by atoms with E-state index < -0.39 is 0 Å². The number of amides is 1. The van der Waals surface area contributed by atoms with Crippen molar-refractivity contribution in [2.45, 2.75) is 25.4 Å². The van der Waals surface area contributed by atoms with E-state index in [0.29, 0.717) is 24.1 Å². The van der Waals surface area contributed by atoms with E-state index >= 15 is 0 Å². The minimum absolute atomic E-state index is 0.156. The summed E-state index contributed by atoms with van der Waals surface area (Å²) in [4.78, 5) is 14.4. The highest BCUT2D eigenvalue weighted by atomic mass is 19.1. The van der Waals surface area contributed by atoms with Crippen LogP contribution >= 0.6 is 0 Å². The summed E-state index contributed by atoms with van der Waals surface area (Å²) in [6, 6.07) is 14.1. The highest BCUT2D eigenvalue weighted by molar-refractivity contribution is 5.94. The number of aliphatic hydroxyl groups excluding tert-OH is 1. The third-order valence-electron chi connectivity index (χ3n) is 4.60. The molecule has 1 heterocycles. The zero-order chi connectivity index (χ0) is 17.6. The van der Waals surface area contributed by atoms with E-state index in [1.54, 1.807) is 30.3 Å². The van der Waals surface area contributed by atoms with E-state index in [2.05, 4.69) is 10.2 Å². The molecule has 2 aromatic rings. The van der Waals surface area contributed by atoms with Gasteiger partial charge in [-0.2, -0.15) is 0 Å². The molecule has 0 unspecified atom stereocenters. The lowest BCUT2D eigenvalue weighted by Gasteiger charge is -2.31. The maximum absolute atomic E-state index is 13.5. The summed E-state index contributed by atoms with van der Waals surface area (Å²) >= 11 is 0. The molecule has 5 heteroatoms. The van der Waals surface area contributed by atoms with Crippen LogP contribution in [0.3, 0.4) is 0 Å². The van der Waals surface area contributed by atoms with Crippen LogP contribution in [0.2, 0.25) is 0 Å². The Labute approximate surface area is 147 Å². The lowest BCUT2D eigenvalue weighted by atomic mass is 10.1. The van der Waals surface area contributed by atoms with Crippen LogP contribution in [0, 0.1) is 5.82 Å². The number of carbonyl (C=O) groups is 1. The van der Waals surface area contributed by atoms with Crippen LogP contribution in [0.15, 0.2) is 48.5 Å². The van der Waals surface area contributed by atoms with Gasteiger partial charge in [-0.15, -0.1) is 0 Å². The van der Waals surface area contributed by atoms with Crippen molar-refractivity contribution in [1.82, 2.24) is 5.32 Å². The fourth-order valence-electron chi connectivity index (χ4n) is 3.06. The van der Waals surface area contributed by atoms with Gasteiger partial charge in [-0.05, 0) is 55.2 Å². The number of hydrogen-bond acceptors (Lipinski definition) is 3. The highest BCUT2D eigenvalue weighted by Gasteiger charge is 2.17. The van der Waals surface area contributed by atoms with Gasteiger partial charge in [0.15, 0.2) is 0 Å². The van der Waals surface area contributed by atoms with Gasteiger partial charge in [0.25, 0.3) is 5.91 Å². The molecule has 3 rings (SSSR count). The average Bonchev–Trinajstić information content (AvgIpc) is 2.64. The quantitative estimate of drug-likeness (QED) is 0.878. The van der Waals surface area contributed by atoms with Crippen molar-refractivity contribution < 1.29 is 14.3 Å². The Balaban J connectivity index is 1.51. The van der Waals surface area contributed by atoms with Crippen molar-refractivity contribution in [1.29, 1.82) is 0 Å². The van der Waals surface area contributed by atoms with Gasteiger partial charge in [0.05, 0.1) is 6.10 Å². The molecule has 0 spiro atoms. The first-order valence-corrected chi connectivity index (χ1v) is 8.68. The normalized spacial score (nSPS) is 15.2. The smallest absolute Gasteiger partial charge is 0.251 e. The minimum atomic E-state index is -0.243. The number of anilines is 1. The molecule has 132 valence electrons. The minimum Gasteiger partial charge on any atom is -0.393 e. The lowest BCUT2D eigenvalue weighted by Crippen LogP contribution is -2.35. The molecule has 0 bridgehead atoms. The number of nitrogens with zero attached hydrogens (tertiary/aromatic N) is 1. The third kappa shape index (κ3) is 4.57. The first kappa shape index (κ1) is 17.4. The zero-order valence-corrected chi connectivity index (χ0v) is 14.1. The first-order valence-electron chi connectivity index (χ1n) is 8.68. The molecule has 1 saturated heterocycles. The van der Waals surface area contributed by atoms with E-state index in [-0.39, 0.29) is 17.8 Å². The summed E-state index contributed by atoms with van der Waals surface area (Å²) in [5.74, 6) is -0.398. The van der Waals surface area contributed by atoms with E-state index in [4.69, 9.17) is 0 Å². The molecule has 0 aliphatic carbocycles. The second-order valence-electron chi connectivity index (χ2n) is 6.36. The SMILES string of the molecule is O=C(NCCc1ccccc1F)c1ccc(N2CCC(O)CC2)cc1. The molecule has 1 aliphatic heterocycles. The van der Waals surface area contributed by atoms with E-state index in [0.717, 1.165) is 31.6 Å². The van der Waals surface area contributed by atoms with E-state index in [1.807, 2.05) is 12.1 Å². The topological polar surface area (TPSA) is 52.6 Å². The summed E-state index contributed by atoms with van der Waals surface area (Å²) in [5.41, 5.74) is 2.26. The van der Waals surface area contributed by atoms with Gasteiger partial charge in [0, 0.05) is 30.9 Å². The molecule has 1 fully saturated rings. The molecule has 2 N–H and O–H groups in total. The second kappa shape index (κ2) is 8.12. The molecular formula is C20H23FN2O2. The van der Waals surface area contributed by atoms with Gasteiger partial charge < -0.3 is 15.3 Å². The fraction of sp³-hybridized carbons (Fsp3) is 0.350. The number of aliphatic hydroxyl groups is 1. The van der Waals surface area contributed by atoms with Gasteiger partial charge in [-0.1, -0.05) is 18.2 Å². The zero-order valence-electron chi connectivity index (χ0n) is 14.1. The van der Waals surface area contributed by atoms with E-state index in [9.17, 15) is 14.3 Å². The van der Waals surface area contributed by atoms with Crippen molar-refractivity contribution in [2.75, 3.05) is 24.5 Å². The van der Waals surface area contributed by atoms with Gasteiger partial charge in [0.2, 0.25) is 0 Å². The van der Waals surface area contributed by atoms with Crippen LogP contribution in [0.5, 0.6) is 0 Å². The van der Waals surface area contributed by atoms with Crippen LogP contribution in [0.1, 0.15) is 28.8 Å². The summed E-state index contributed by atoms with van der Waals surface area (Å²) in [6.45, 7) is 2.05. The molecule has 25 heavy (non-hydrogen) atoms. The Hall–Kier alpha value is -2.40. The van der Waals surface area contributed by atoms with Crippen molar-refractivity contribution in [3.63, 3.8) is 0 Å². The van der Waals surface area contributed by atoms with Crippen molar-refractivity contribution in [3.8, 4) is 0 Å². The predicted octanol–water partition coefficient (Wildman–Crippen LogP) is 2.76. The Kier molecular flexibility index (Phi) is 5.66. The highest BCUT2D eigenvalue weighted by Crippen LogP contribution is 2.20. The van der Waals surface area contributed by atoms with Crippen LogP contribution in [0.25, 0.3) is 0 Å². The molecule has 1 aliphatic rings. The average molecular weight is 342 g/mol. The first-order chi connectivity index (χ1) is 12.1. The molecular weight excluding hydrogens is 319 g/mol.